The van der Waals surface area contributed by atoms with Gasteiger partial charge in [-0.25, -0.2) is 4.98 Å². The van der Waals surface area contributed by atoms with E-state index >= 15 is 0 Å². The Morgan fingerprint density at radius 3 is 2.38 bits per heavy atom. The third kappa shape index (κ3) is 3.27. The number of para-hydroxylation sites is 1. The Hall–Kier alpha value is -2.76. The number of pyridine rings is 1. The average Bonchev–Trinajstić information content (AvgIpc) is 2.54. The molecule has 0 spiro atoms. The van der Waals surface area contributed by atoms with Crippen LogP contribution in [0, 0.1) is 0 Å². The first kappa shape index (κ1) is 16.1. The number of aromatic nitrogens is 1. The van der Waals surface area contributed by atoms with Crippen molar-refractivity contribution >= 4 is 16.7 Å². The maximum Gasteiger partial charge on any atom is 0.416 e. The number of halogens is 3. The third-order valence-corrected chi connectivity index (χ3v) is 3.72. The molecule has 0 bridgehead atoms. The van der Waals surface area contributed by atoms with Gasteiger partial charge in [0.2, 0.25) is 0 Å². The van der Waals surface area contributed by atoms with E-state index in [0.29, 0.717) is 22.6 Å². The molecule has 3 aromatic rings. The lowest BCUT2D eigenvalue weighted by molar-refractivity contribution is -0.137. The van der Waals surface area contributed by atoms with Crippen molar-refractivity contribution in [1.29, 1.82) is 0 Å². The summed E-state index contributed by atoms with van der Waals surface area (Å²) in [6.45, 7) is 1.77. The molecule has 1 atom stereocenters. The molecule has 2 N–H and O–H groups in total. The summed E-state index contributed by atoms with van der Waals surface area (Å²) >= 11 is 0. The predicted octanol–water partition coefficient (Wildman–Crippen LogP) is 4.98. The van der Waals surface area contributed by atoms with E-state index in [0.717, 1.165) is 17.5 Å². The Kier molecular flexibility index (Phi) is 4.05. The molecule has 3 nitrogen and oxygen atoms in total. The van der Waals surface area contributed by atoms with Crippen molar-refractivity contribution in [2.45, 2.75) is 19.2 Å². The smallest absolute Gasteiger partial charge is 0.416 e. The van der Waals surface area contributed by atoms with Crippen LogP contribution in [0.4, 0.5) is 19.0 Å². The molecule has 3 rings (SSSR count). The van der Waals surface area contributed by atoms with Crippen LogP contribution in [0.5, 0.6) is 5.75 Å². The van der Waals surface area contributed by atoms with Crippen molar-refractivity contribution in [3.05, 3.63) is 65.7 Å². The van der Waals surface area contributed by atoms with E-state index in [4.69, 9.17) is 10.5 Å². The lowest BCUT2D eigenvalue weighted by Crippen LogP contribution is -2.07. The summed E-state index contributed by atoms with van der Waals surface area (Å²) in [6, 6.07) is 13.9. The van der Waals surface area contributed by atoms with Gasteiger partial charge in [-0.1, -0.05) is 24.3 Å². The number of alkyl halides is 3. The minimum absolute atomic E-state index is 0.376. The van der Waals surface area contributed by atoms with Crippen molar-refractivity contribution < 1.29 is 17.9 Å². The van der Waals surface area contributed by atoms with Gasteiger partial charge in [-0.3, -0.25) is 0 Å². The van der Waals surface area contributed by atoms with Gasteiger partial charge in [0.1, 0.15) is 23.2 Å². The van der Waals surface area contributed by atoms with E-state index in [2.05, 4.69) is 4.98 Å². The van der Waals surface area contributed by atoms with Crippen molar-refractivity contribution in [1.82, 2.24) is 4.98 Å². The zero-order chi connectivity index (χ0) is 17.3. The first-order chi connectivity index (χ1) is 11.3. The van der Waals surface area contributed by atoms with Gasteiger partial charge in [0.05, 0.1) is 5.56 Å². The second-order valence-electron chi connectivity index (χ2n) is 5.44. The van der Waals surface area contributed by atoms with Crippen LogP contribution in [0.1, 0.15) is 24.2 Å². The number of anilines is 1. The second kappa shape index (κ2) is 6.03. The second-order valence-corrected chi connectivity index (χ2v) is 5.44. The molecule has 0 saturated carbocycles. The van der Waals surface area contributed by atoms with Crippen molar-refractivity contribution in [2.24, 2.45) is 0 Å². The highest BCUT2D eigenvalue weighted by Gasteiger charge is 2.30. The van der Waals surface area contributed by atoms with Crippen LogP contribution in [0.3, 0.4) is 0 Å². The van der Waals surface area contributed by atoms with Crippen molar-refractivity contribution in [2.75, 3.05) is 5.73 Å². The highest BCUT2D eigenvalue weighted by Crippen LogP contribution is 2.32. The van der Waals surface area contributed by atoms with Crippen LogP contribution in [0.25, 0.3) is 10.9 Å². The molecule has 0 aliphatic rings. The zero-order valence-corrected chi connectivity index (χ0v) is 12.8. The van der Waals surface area contributed by atoms with Gasteiger partial charge in [-0.2, -0.15) is 13.2 Å². The molecular weight excluding hydrogens is 317 g/mol. The molecule has 0 amide bonds. The number of ether oxygens (including phenoxy) is 1. The van der Waals surface area contributed by atoms with E-state index in [1.165, 1.54) is 12.1 Å². The summed E-state index contributed by atoms with van der Waals surface area (Å²) in [6.07, 6.45) is -4.78. The molecule has 0 fully saturated rings. The molecule has 0 saturated heterocycles. The molecule has 124 valence electrons. The SMILES string of the molecule is CC(Oc1cccc2ccc(N)nc12)c1ccc(C(F)(F)F)cc1. The van der Waals surface area contributed by atoms with Crippen LogP contribution in [0.2, 0.25) is 0 Å². The van der Waals surface area contributed by atoms with Gasteiger partial charge in [0.25, 0.3) is 0 Å². The highest BCUT2D eigenvalue weighted by molar-refractivity contribution is 5.85. The number of nitrogens with zero attached hydrogens (tertiary/aromatic N) is 1. The van der Waals surface area contributed by atoms with Crippen molar-refractivity contribution in [3.8, 4) is 5.75 Å². The maximum atomic E-state index is 12.6. The Morgan fingerprint density at radius 2 is 1.71 bits per heavy atom. The number of hydrogen-bond acceptors (Lipinski definition) is 3. The predicted molar refractivity (Wildman–Crippen MR) is 86.6 cm³/mol. The lowest BCUT2D eigenvalue weighted by Gasteiger charge is -2.17. The van der Waals surface area contributed by atoms with Gasteiger partial charge >= 0.3 is 6.18 Å². The quantitative estimate of drug-likeness (QED) is 0.736. The molecule has 1 heterocycles. The van der Waals surface area contributed by atoms with Gasteiger partial charge in [0.15, 0.2) is 0 Å². The fourth-order valence-electron chi connectivity index (χ4n) is 2.43. The molecule has 0 aliphatic carbocycles. The van der Waals surface area contributed by atoms with E-state index in [9.17, 15) is 13.2 Å². The zero-order valence-electron chi connectivity index (χ0n) is 12.8. The van der Waals surface area contributed by atoms with Crippen LogP contribution >= 0.6 is 0 Å². The largest absolute Gasteiger partial charge is 0.484 e. The minimum atomic E-state index is -4.35. The molecule has 0 aliphatic heterocycles. The fourth-order valence-corrected chi connectivity index (χ4v) is 2.43. The minimum Gasteiger partial charge on any atom is -0.484 e. The Labute approximate surface area is 136 Å². The van der Waals surface area contributed by atoms with Crippen molar-refractivity contribution in [3.63, 3.8) is 0 Å². The number of benzene rings is 2. The van der Waals surface area contributed by atoms with E-state index in [-0.39, 0.29) is 0 Å². The van der Waals surface area contributed by atoms with Gasteiger partial charge in [-0.15, -0.1) is 0 Å². The van der Waals surface area contributed by atoms with E-state index in [1.807, 2.05) is 18.2 Å². The first-order valence-electron chi connectivity index (χ1n) is 7.33. The van der Waals surface area contributed by atoms with Crippen LogP contribution in [-0.2, 0) is 6.18 Å². The molecule has 1 unspecified atom stereocenters. The van der Waals surface area contributed by atoms with Crippen LogP contribution in [-0.4, -0.2) is 4.98 Å². The fraction of sp³-hybridized carbons (Fsp3) is 0.167. The summed E-state index contributed by atoms with van der Waals surface area (Å²) in [4.78, 5) is 4.27. The Bertz CT molecular complexity index is 860. The maximum absolute atomic E-state index is 12.6. The number of nitrogen functional groups attached to an aromatic ring is 1. The summed E-state index contributed by atoms with van der Waals surface area (Å²) < 4.78 is 43.8. The first-order valence-corrected chi connectivity index (χ1v) is 7.33. The topological polar surface area (TPSA) is 48.1 Å². The molecular formula is C18H15F3N2O. The lowest BCUT2D eigenvalue weighted by atomic mass is 10.1. The molecule has 6 heteroatoms. The summed E-state index contributed by atoms with van der Waals surface area (Å²) in [7, 11) is 0. The number of nitrogens with two attached hydrogens (primary N) is 1. The molecule has 24 heavy (non-hydrogen) atoms. The summed E-state index contributed by atoms with van der Waals surface area (Å²) in [5.74, 6) is 0.910. The van der Waals surface area contributed by atoms with E-state index in [1.54, 1.807) is 19.1 Å². The monoisotopic (exact) mass is 332 g/mol. The molecule has 1 aromatic heterocycles. The molecule has 2 aromatic carbocycles. The normalized spacial score (nSPS) is 13.0. The standard InChI is InChI=1S/C18H15F3N2O/c1-11(12-5-8-14(9-6-12)18(19,20)21)24-15-4-2-3-13-7-10-16(22)23-17(13)15/h2-11H,1H3,(H2,22,23). The van der Waals surface area contributed by atoms with Gasteiger partial charge in [-0.05, 0) is 42.8 Å². The Balaban J connectivity index is 1.87. The number of rotatable bonds is 3. The summed E-state index contributed by atoms with van der Waals surface area (Å²) in [5, 5.41) is 0.876. The van der Waals surface area contributed by atoms with Gasteiger partial charge in [0, 0.05) is 5.39 Å². The Morgan fingerprint density at radius 1 is 1.00 bits per heavy atom. The van der Waals surface area contributed by atoms with Gasteiger partial charge < -0.3 is 10.5 Å². The van der Waals surface area contributed by atoms with E-state index < -0.39 is 17.8 Å². The highest BCUT2D eigenvalue weighted by atomic mass is 19.4. The summed E-state index contributed by atoms with van der Waals surface area (Å²) in [5.41, 5.74) is 6.30. The third-order valence-electron chi connectivity index (χ3n) is 3.72. The molecule has 0 radical (unpaired) electrons. The van der Waals surface area contributed by atoms with Crippen LogP contribution in [0.15, 0.2) is 54.6 Å². The number of fused-ring (bicyclic) bond motifs is 1. The average molecular weight is 332 g/mol. The van der Waals surface area contributed by atoms with Crippen LogP contribution < -0.4 is 10.5 Å². The number of hydrogen-bond donors (Lipinski definition) is 1.